The fraction of sp³-hybridized carbons (Fsp3) is 0.429. The molecule has 1 aromatic carbocycles. The minimum absolute atomic E-state index is 0.0551. The number of nitrogens with one attached hydrogen (secondary N) is 1. The van der Waals surface area contributed by atoms with E-state index in [0.29, 0.717) is 19.5 Å². The van der Waals surface area contributed by atoms with Crippen molar-refractivity contribution in [2.45, 2.75) is 11.2 Å². The number of rotatable bonds is 4. The number of carbonyl (C=O) groups is 2. The van der Waals surface area contributed by atoms with Crippen molar-refractivity contribution in [3.8, 4) is 0 Å². The molecule has 5 nitrogen and oxygen atoms in total. The Morgan fingerprint density at radius 3 is 2.55 bits per heavy atom. The minimum Gasteiger partial charge on any atom is -0.325 e. The molecular formula is C14H18BrN3O2. The lowest BCUT2D eigenvalue weighted by Gasteiger charge is -2.16. The second-order valence-corrected chi connectivity index (χ2v) is 6.43. The highest BCUT2D eigenvalue weighted by Crippen LogP contribution is 2.26. The SMILES string of the molecule is CN(C)CC(=O)Nc1ccc(N2CC(Br)CC2=O)cc1. The zero-order valence-electron chi connectivity index (χ0n) is 11.6. The van der Waals surface area contributed by atoms with E-state index in [1.54, 1.807) is 4.90 Å². The minimum atomic E-state index is -0.0551. The summed E-state index contributed by atoms with van der Waals surface area (Å²) in [6.07, 6.45) is 0.529. The van der Waals surface area contributed by atoms with Crippen LogP contribution in [0.25, 0.3) is 0 Å². The molecule has 1 saturated heterocycles. The van der Waals surface area contributed by atoms with Gasteiger partial charge in [0.15, 0.2) is 0 Å². The Bertz CT molecular complexity index is 502. The summed E-state index contributed by atoms with van der Waals surface area (Å²) in [7, 11) is 3.69. The Morgan fingerprint density at radius 2 is 2.05 bits per heavy atom. The van der Waals surface area contributed by atoms with Gasteiger partial charge in [-0.25, -0.2) is 0 Å². The number of alkyl halides is 1. The first-order valence-electron chi connectivity index (χ1n) is 6.45. The number of amides is 2. The van der Waals surface area contributed by atoms with Crippen molar-refractivity contribution in [3.05, 3.63) is 24.3 Å². The predicted molar refractivity (Wildman–Crippen MR) is 83.3 cm³/mol. The average molecular weight is 340 g/mol. The van der Waals surface area contributed by atoms with E-state index in [1.165, 1.54) is 0 Å². The number of anilines is 2. The highest BCUT2D eigenvalue weighted by molar-refractivity contribution is 9.09. The van der Waals surface area contributed by atoms with Gasteiger partial charge in [0, 0.05) is 29.2 Å². The molecular weight excluding hydrogens is 322 g/mol. The van der Waals surface area contributed by atoms with Crippen molar-refractivity contribution in [3.63, 3.8) is 0 Å². The van der Waals surface area contributed by atoms with Crippen LogP contribution < -0.4 is 10.2 Å². The number of benzene rings is 1. The molecule has 2 amide bonds. The van der Waals surface area contributed by atoms with Gasteiger partial charge in [0.25, 0.3) is 0 Å². The van der Waals surface area contributed by atoms with Crippen LogP contribution in [0, 0.1) is 0 Å². The Labute approximate surface area is 127 Å². The lowest BCUT2D eigenvalue weighted by Crippen LogP contribution is -2.27. The third-order valence-corrected chi connectivity index (χ3v) is 3.61. The van der Waals surface area contributed by atoms with Crippen LogP contribution in [0.15, 0.2) is 24.3 Å². The summed E-state index contributed by atoms with van der Waals surface area (Å²) in [5, 5.41) is 2.82. The summed E-state index contributed by atoms with van der Waals surface area (Å²) in [6, 6.07) is 7.35. The zero-order chi connectivity index (χ0) is 14.7. The number of hydrogen-bond acceptors (Lipinski definition) is 3. The van der Waals surface area contributed by atoms with Gasteiger partial charge < -0.3 is 15.1 Å². The second-order valence-electron chi connectivity index (χ2n) is 5.14. The highest BCUT2D eigenvalue weighted by atomic mass is 79.9. The summed E-state index contributed by atoms with van der Waals surface area (Å²) in [5.74, 6) is 0.0665. The molecule has 1 N–H and O–H groups in total. The average Bonchev–Trinajstić information content (AvgIpc) is 2.68. The molecule has 1 aromatic rings. The van der Waals surface area contributed by atoms with Gasteiger partial charge in [0.2, 0.25) is 11.8 Å². The molecule has 1 fully saturated rings. The van der Waals surface area contributed by atoms with E-state index in [4.69, 9.17) is 0 Å². The van der Waals surface area contributed by atoms with Gasteiger partial charge in [-0.15, -0.1) is 0 Å². The summed E-state index contributed by atoms with van der Waals surface area (Å²) in [6.45, 7) is 1.03. The van der Waals surface area contributed by atoms with Crippen molar-refractivity contribution < 1.29 is 9.59 Å². The van der Waals surface area contributed by atoms with E-state index in [1.807, 2.05) is 43.3 Å². The number of nitrogens with zero attached hydrogens (tertiary/aromatic N) is 2. The molecule has 0 spiro atoms. The standard InChI is InChI=1S/C14H18BrN3O2/c1-17(2)9-13(19)16-11-3-5-12(6-4-11)18-8-10(15)7-14(18)20/h3-6,10H,7-9H2,1-2H3,(H,16,19). The summed E-state index contributed by atoms with van der Waals surface area (Å²) in [5.41, 5.74) is 1.60. The summed E-state index contributed by atoms with van der Waals surface area (Å²) in [4.78, 5) is 27.2. The van der Waals surface area contributed by atoms with Crippen LogP contribution in [0.4, 0.5) is 11.4 Å². The molecule has 1 aliphatic rings. The van der Waals surface area contributed by atoms with Crippen LogP contribution in [0.3, 0.4) is 0 Å². The molecule has 0 aromatic heterocycles. The molecule has 1 heterocycles. The molecule has 0 bridgehead atoms. The van der Waals surface area contributed by atoms with E-state index < -0.39 is 0 Å². The van der Waals surface area contributed by atoms with Crippen LogP contribution >= 0.6 is 15.9 Å². The Morgan fingerprint density at radius 1 is 1.40 bits per heavy atom. The first kappa shape index (κ1) is 15.0. The molecule has 0 radical (unpaired) electrons. The molecule has 2 rings (SSSR count). The van der Waals surface area contributed by atoms with Crippen LogP contribution in [-0.4, -0.2) is 48.7 Å². The van der Waals surface area contributed by atoms with Crippen LogP contribution in [0.1, 0.15) is 6.42 Å². The maximum atomic E-state index is 11.8. The van der Waals surface area contributed by atoms with Crippen molar-refractivity contribution >= 4 is 39.1 Å². The number of hydrogen-bond donors (Lipinski definition) is 1. The largest absolute Gasteiger partial charge is 0.325 e. The zero-order valence-corrected chi connectivity index (χ0v) is 13.2. The molecule has 6 heteroatoms. The first-order valence-corrected chi connectivity index (χ1v) is 7.36. The fourth-order valence-electron chi connectivity index (χ4n) is 2.13. The monoisotopic (exact) mass is 339 g/mol. The van der Waals surface area contributed by atoms with Gasteiger partial charge >= 0.3 is 0 Å². The highest BCUT2D eigenvalue weighted by Gasteiger charge is 2.28. The van der Waals surface area contributed by atoms with Gasteiger partial charge in [0.1, 0.15) is 0 Å². The molecule has 1 aliphatic heterocycles. The summed E-state index contributed by atoms with van der Waals surface area (Å²) < 4.78 is 0. The van der Waals surface area contributed by atoms with Crippen LogP contribution in [-0.2, 0) is 9.59 Å². The molecule has 0 aliphatic carbocycles. The maximum Gasteiger partial charge on any atom is 0.238 e. The molecule has 108 valence electrons. The van der Waals surface area contributed by atoms with E-state index >= 15 is 0 Å². The van der Waals surface area contributed by atoms with Gasteiger partial charge in [0.05, 0.1) is 6.54 Å². The lowest BCUT2D eigenvalue weighted by atomic mass is 10.2. The Balaban J connectivity index is 2.00. The van der Waals surface area contributed by atoms with Crippen LogP contribution in [0.5, 0.6) is 0 Å². The van der Waals surface area contributed by atoms with E-state index in [2.05, 4.69) is 21.2 Å². The van der Waals surface area contributed by atoms with Crippen molar-refractivity contribution in [2.75, 3.05) is 37.4 Å². The third-order valence-electron chi connectivity index (χ3n) is 3.00. The molecule has 0 saturated carbocycles. The van der Waals surface area contributed by atoms with Crippen LogP contribution in [0.2, 0.25) is 0 Å². The van der Waals surface area contributed by atoms with Gasteiger partial charge in [-0.05, 0) is 38.4 Å². The van der Waals surface area contributed by atoms with E-state index in [-0.39, 0.29) is 16.6 Å². The third kappa shape index (κ3) is 3.80. The quantitative estimate of drug-likeness (QED) is 0.849. The van der Waals surface area contributed by atoms with Gasteiger partial charge in [-0.3, -0.25) is 9.59 Å². The number of halogens is 1. The molecule has 1 unspecified atom stereocenters. The molecule has 1 atom stereocenters. The van der Waals surface area contributed by atoms with Gasteiger partial charge in [-0.1, -0.05) is 15.9 Å². The predicted octanol–water partition coefficient (Wildman–Crippen LogP) is 1.69. The Hall–Kier alpha value is -1.40. The fourth-order valence-corrected chi connectivity index (χ4v) is 2.69. The first-order chi connectivity index (χ1) is 9.45. The lowest BCUT2D eigenvalue weighted by molar-refractivity contribution is -0.117. The van der Waals surface area contributed by atoms with Crippen molar-refractivity contribution in [2.24, 2.45) is 0 Å². The smallest absolute Gasteiger partial charge is 0.238 e. The maximum absolute atomic E-state index is 11.8. The van der Waals surface area contributed by atoms with E-state index in [9.17, 15) is 9.59 Å². The van der Waals surface area contributed by atoms with Crippen molar-refractivity contribution in [1.29, 1.82) is 0 Å². The Kier molecular flexibility index (Phi) is 4.77. The topological polar surface area (TPSA) is 52.7 Å². The summed E-state index contributed by atoms with van der Waals surface area (Å²) >= 11 is 3.46. The second kappa shape index (κ2) is 6.37. The van der Waals surface area contributed by atoms with Gasteiger partial charge in [-0.2, -0.15) is 0 Å². The number of carbonyl (C=O) groups excluding carboxylic acids is 2. The number of likely N-dealkylation sites (N-methyl/N-ethyl adjacent to an activating group) is 1. The van der Waals surface area contributed by atoms with E-state index in [0.717, 1.165) is 11.4 Å². The molecule has 20 heavy (non-hydrogen) atoms. The van der Waals surface area contributed by atoms with Crippen molar-refractivity contribution in [1.82, 2.24) is 4.90 Å². The normalized spacial score (nSPS) is 18.7.